The Hall–Kier alpha value is -2.58. The summed E-state index contributed by atoms with van der Waals surface area (Å²) in [5, 5.41) is 6.31. The quantitative estimate of drug-likeness (QED) is 0.303. The zero-order valence-corrected chi connectivity index (χ0v) is 24.0. The molecule has 0 bridgehead atoms. The number of amides is 2. The highest BCUT2D eigenvalue weighted by molar-refractivity contribution is 7.90. The van der Waals surface area contributed by atoms with Crippen molar-refractivity contribution in [2.45, 2.75) is 49.4 Å². The molecule has 198 valence electrons. The summed E-state index contributed by atoms with van der Waals surface area (Å²) in [6.07, 6.45) is 0.861. The molecule has 1 atom stereocenters. The van der Waals surface area contributed by atoms with Crippen LogP contribution in [0.5, 0.6) is 0 Å². The standard InChI is InChI=1S/C28H33Cl2N3O3S/c1-19(24-7-6-8-25(29)26(24)30)31-27(34)32-22-13-15-23(16-14-22)37(35,36)18-21-11-9-20(10-12-21)17-28(2,3)33(4)5/h6-16,19H,17-18H2,1-5H3,(H2,31,32,34). The highest BCUT2D eigenvalue weighted by Crippen LogP contribution is 2.30. The molecule has 0 saturated heterocycles. The van der Waals surface area contributed by atoms with Crippen LogP contribution in [0.4, 0.5) is 10.5 Å². The van der Waals surface area contributed by atoms with Gasteiger partial charge in [-0.2, -0.15) is 0 Å². The molecule has 0 fully saturated rings. The molecular weight excluding hydrogens is 529 g/mol. The van der Waals surface area contributed by atoms with E-state index in [4.69, 9.17) is 23.2 Å². The van der Waals surface area contributed by atoms with Gasteiger partial charge in [-0.1, -0.05) is 59.6 Å². The number of nitrogens with zero attached hydrogens (tertiary/aromatic N) is 1. The Morgan fingerprint density at radius 2 is 1.54 bits per heavy atom. The first-order valence-corrected chi connectivity index (χ1v) is 14.3. The van der Waals surface area contributed by atoms with Gasteiger partial charge < -0.3 is 15.5 Å². The van der Waals surface area contributed by atoms with Crippen LogP contribution >= 0.6 is 23.2 Å². The van der Waals surface area contributed by atoms with Gasteiger partial charge >= 0.3 is 6.03 Å². The summed E-state index contributed by atoms with van der Waals surface area (Å²) in [5.41, 5.74) is 3.04. The third-order valence-corrected chi connectivity index (χ3v) is 9.03. The summed E-state index contributed by atoms with van der Waals surface area (Å²) in [5.74, 6) is -0.102. The third-order valence-electron chi connectivity index (χ3n) is 6.49. The van der Waals surface area contributed by atoms with E-state index in [0.717, 1.165) is 17.5 Å². The number of sulfone groups is 1. The zero-order valence-electron chi connectivity index (χ0n) is 21.7. The average molecular weight is 563 g/mol. The molecule has 3 aromatic rings. The van der Waals surface area contributed by atoms with Crippen LogP contribution in [0.2, 0.25) is 10.0 Å². The van der Waals surface area contributed by atoms with E-state index in [0.29, 0.717) is 21.3 Å². The molecule has 2 N–H and O–H groups in total. The molecule has 0 heterocycles. The number of anilines is 1. The lowest BCUT2D eigenvalue weighted by molar-refractivity contribution is 0.195. The van der Waals surface area contributed by atoms with E-state index in [2.05, 4.69) is 29.4 Å². The maximum absolute atomic E-state index is 13.0. The maximum atomic E-state index is 13.0. The van der Waals surface area contributed by atoms with Crippen LogP contribution in [0.25, 0.3) is 0 Å². The molecule has 0 spiro atoms. The van der Waals surface area contributed by atoms with Crippen molar-refractivity contribution in [1.82, 2.24) is 10.2 Å². The first kappa shape index (κ1) is 29.0. The van der Waals surface area contributed by atoms with Gasteiger partial charge in [-0.3, -0.25) is 0 Å². The first-order chi connectivity index (χ1) is 17.3. The van der Waals surface area contributed by atoms with Crippen molar-refractivity contribution in [2.75, 3.05) is 19.4 Å². The molecule has 3 aromatic carbocycles. The zero-order chi connectivity index (χ0) is 27.4. The lowest BCUT2D eigenvalue weighted by Gasteiger charge is -2.32. The van der Waals surface area contributed by atoms with Crippen molar-refractivity contribution < 1.29 is 13.2 Å². The fourth-order valence-corrected chi connectivity index (χ4v) is 5.58. The number of hydrogen-bond donors (Lipinski definition) is 2. The molecule has 2 amide bonds. The Morgan fingerprint density at radius 3 is 2.14 bits per heavy atom. The number of rotatable bonds is 9. The SMILES string of the molecule is CC(NC(=O)Nc1ccc(S(=O)(=O)Cc2ccc(CC(C)(C)N(C)C)cc2)cc1)c1cccc(Cl)c1Cl. The van der Waals surface area contributed by atoms with Crippen molar-refractivity contribution in [3.8, 4) is 0 Å². The van der Waals surface area contributed by atoms with Crippen LogP contribution in [0.15, 0.2) is 71.6 Å². The van der Waals surface area contributed by atoms with Crippen LogP contribution < -0.4 is 10.6 Å². The maximum Gasteiger partial charge on any atom is 0.319 e. The predicted octanol–water partition coefficient (Wildman–Crippen LogP) is 6.73. The third kappa shape index (κ3) is 7.71. The van der Waals surface area contributed by atoms with Crippen LogP contribution in [0, 0.1) is 0 Å². The summed E-state index contributed by atoms with van der Waals surface area (Å²) in [4.78, 5) is 14.8. The summed E-state index contributed by atoms with van der Waals surface area (Å²) < 4.78 is 25.9. The normalized spacial score (nSPS) is 12.9. The highest BCUT2D eigenvalue weighted by Gasteiger charge is 2.21. The van der Waals surface area contributed by atoms with Gasteiger partial charge in [0.25, 0.3) is 0 Å². The first-order valence-electron chi connectivity index (χ1n) is 11.9. The second-order valence-electron chi connectivity index (χ2n) is 9.95. The molecule has 37 heavy (non-hydrogen) atoms. The Kier molecular flexibility index (Phi) is 9.29. The number of nitrogens with one attached hydrogen (secondary N) is 2. The molecule has 0 aliphatic carbocycles. The van der Waals surface area contributed by atoms with Gasteiger partial charge in [-0.15, -0.1) is 0 Å². The fourth-order valence-electron chi connectivity index (χ4n) is 3.76. The topological polar surface area (TPSA) is 78.5 Å². The number of urea groups is 1. The van der Waals surface area contributed by atoms with Crippen LogP contribution in [-0.2, 0) is 22.0 Å². The van der Waals surface area contributed by atoms with E-state index in [1.165, 1.54) is 12.1 Å². The molecular formula is C28H33Cl2N3O3S. The van der Waals surface area contributed by atoms with Crippen molar-refractivity contribution in [2.24, 2.45) is 0 Å². The van der Waals surface area contributed by atoms with Gasteiger partial charge in [-0.05, 0) is 88.3 Å². The van der Waals surface area contributed by atoms with Gasteiger partial charge in [0.15, 0.2) is 9.84 Å². The minimum Gasteiger partial charge on any atom is -0.331 e. The van der Waals surface area contributed by atoms with Gasteiger partial charge in [0.2, 0.25) is 0 Å². The smallest absolute Gasteiger partial charge is 0.319 e. The second kappa shape index (κ2) is 11.9. The van der Waals surface area contributed by atoms with E-state index in [-0.39, 0.29) is 22.2 Å². The molecule has 0 radical (unpaired) electrons. The Bertz CT molecular complexity index is 1340. The van der Waals surface area contributed by atoms with Gasteiger partial charge in [-0.25, -0.2) is 13.2 Å². The number of halogens is 2. The molecule has 9 heteroatoms. The molecule has 6 nitrogen and oxygen atoms in total. The van der Waals surface area contributed by atoms with Gasteiger partial charge in [0, 0.05) is 11.2 Å². The lowest BCUT2D eigenvalue weighted by atomic mass is 9.93. The number of hydrogen-bond acceptors (Lipinski definition) is 4. The minimum absolute atomic E-state index is 0.000628. The Labute approximate surface area is 229 Å². The average Bonchev–Trinajstić information content (AvgIpc) is 2.82. The van der Waals surface area contributed by atoms with Crippen LogP contribution in [0.3, 0.4) is 0 Å². The van der Waals surface area contributed by atoms with Crippen molar-refractivity contribution >= 4 is 44.8 Å². The van der Waals surface area contributed by atoms with Crippen LogP contribution in [-0.4, -0.2) is 39.0 Å². The largest absolute Gasteiger partial charge is 0.331 e. The summed E-state index contributed by atoms with van der Waals surface area (Å²) >= 11 is 12.3. The Morgan fingerprint density at radius 1 is 0.946 bits per heavy atom. The molecule has 0 aliphatic rings. The van der Waals surface area contributed by atoms with Gasteiger partial charge in [0.1, 0.15) is 0 Å². The Balaban J connectivity index is 1.61. The fraction of sp³-hybridized carbons (Fsp3) is 0.321. The van der Waals surface area contributed by atoms with Crippen molar-refractivity contribution in [3.05, 3.63) is 93.5 Å². The van der Waals surface area contributed by atoms with Gasteiger partial charge in [0.05, 0.1) is 26.7 Å². The van der Waals surface area contributed by atoms with E-state index < -0.39 is 15.9 Å². The molecule has 0 aliphatic heterocycles. The van der Waals surface area contributed by atoms with Crippen LogP contribution in [0.1, 0.15) is 43.5 Å². The number of carbonyl (C=O) groups excluding carboxylic acids is 1. The second-order valence-corrected chi connectivity index (χ2v) is 12.7. The molecule has 0 saturated carbocycles. The summed E-state index contributed by atoms with van der Waals surface area (Å²) in [6, 6.07) is 18.2. The number of likely N-dealkylation sites (N-methyl/N-ethyl adjacent to an activating group) is 1. The molecule has 1 unspecified atom stereocenters. The summed E-state index contributed by atoms with van der Waals surface area (Å²) in [6.45, 7) is 6.13. The highest BCUT2D eigenvalue weighted by atomic mass is 35.5. The predicted molar refractivity (Wildman–Crippen MR) is 152 cm³/mol. The lowest BCUT2D eigenvalue weighted by Crippen LogP contribution is -2.40. The minimum atomic E-state index is -3.55. The molecule has 0 aromatic heterocycles. The van der Waals surface area contributed by atoms with Crippen molar-refractivity contribution in [1.29, 1.82) is 0 Å². The van der Waals surface area contributed by atoms with Crippen molar-refractivity contribution in [3.63, 3.8) is 0 Å². The van der Waals surface area contributed by atoms with E-state index in [9.17, 15) is 13.2 Å². The van der Waals surface area contributed by atoms with E-state index >= 15 is 0 Å². The summed E-state index contributed by atoms with van der Waals surface area (Å²) in [7, 11) is 0.547. The number of benzene rings is 3. The monoisotopic (exact) mass is 561 g/mol. The molecule has 3 rings (SSSR count). The van der Waals surface area contributed by atoms with E-state index in [1.54, 1.807) is 37.3 Å². The van der Waals surface area contributed by atoms with E-state index in [1.807, 2.05) is 38.4 Å². The number of carbonyl (C=O) groups is 1.